The van der Waals surface area contributed by atoms with Crippen LogP contribution >= 0.6 is 22.9 Å². The van der Waals surface area contributed by atoms with Gasteiger partial charge in [-0.3, -0.25) is 9.69 Å². The van der Waals surface area contributed by atoms with Crippen molar-refractivity contribution in [1.29, 1.82) is 0 Å². The maximum atomic E-state index is 11.1. The Morgan fingerprint density at radius 1 is 1.11 bits per heavy atom. The SMILES string of the molecule is O=C(O)Cc1cc(Cl)cc(OCCC2(N3CCOCC3)CCN(c3ncc(-c4ccccc4)s3)CC2)c1. The lowest BCUT2D eigenvalue weighted by Crippen LogP contribution is -2.59. The van der Waals surface area contributed by atoms with E-state index >= 15 is 0 Å². The second-order valence-corrected chi connectivity index (χ2v) is 11.1. The Morgan fingerprint density at radius 3 is 2.59 bits per heavy atom. The molecule has 2 aromatic carbocycles. The molecule has 0 aliphatic carbocycles. The van der Waals surface area contributed by atoms with Crippen molar-refractivity contribution < 1.29 is 19.4 Å². The third-order valence-electron chi connectivity index (χ3n) is 7.32. The van der Waals surface area contributed by atoms with Crippen LogP contribution in [0.1, 0.15) is 24.8 Å². The summed E-state index contributed by atoms with van der Waals surface area (Å²) in [4.78, 5) is 22.1. The molecule has 2 saturated heterocycles. The van der Waals surface area contributed by atoms with Gasteiger partial charge in [-0.05, 0) is 48.6 Å². The first kappa shape index (κ1) is 26.0. The van der Waals surface area contributed by atoms with E-state index in [0.29, 0.717) is 22.9 Å². The zero-order chi connectivity index (χ0) is 25.7. The first-order valence-electron chi connectivity index (χ1n) is 12.7. The van der Waals surface area contributed by atoms with Gasteiger partial charge in [0, 0.05) is 42.9 Å². The van der Waals surface area contributed by atoms with Gasteiger partial charge in [0.1, 0.15) is 5.75 Å². The van der Waals surface area contributed by atoms with Crippen molar-refractivity contribution in [3.63, 3.8) is 0 Å². The van der Waals surface area contributed by atoms with Crippen LogP contribution in [0.3, 0.4) is 0 Å². The standard InChI is InChI=1S/C28H32ClN3O4S/c29-23-16-21(18-26(33)34)17-24(19-23)36-13-8-28(32-11-14-35-15-12-32)6-9-31(10-7-28)27-30-20-25(37-27)22-4-2-1-3-5-22/h1-5,16-17,19-20H,6-15,18H2,(H,33,34). The van der Waals surface area contributed by atoms with E-state index in [4.69, 9.17) is 31.2 Å². The summed E-state index contributed by atoms with van der Waals surface area (Å²) in [7, 11) is 0. The number of thiazole rings is 1. The molecule has 7 nitrogen and oxygen atoms in total. The number of aromatic nitrogens is 1. The summed E-state index contributed by atoms with van der Waals surface area (Å²) in [6, 6.07) is 15.6. The minimum atomic E-state index is -0.887. The number of piperidine rings is 1. The van der Waals surface area contributed by atoms with Crippen molar-refractivity contribution in [2.24, 2.45) is 0 Å². The van der Waals surface area contributed by atoms with Crippen LogP contribution in [0.15, 0.2) is 54.7 Å². The molecule has 2 aliphatic heterocycles. The first-order chi connectivity index (χ1) is 18.0. The minimum absolute atomic E-state index is 0.0300. The van der Waals surface area contributed by atoms with Crippen LogP contribution in [0.5, 0.6) is 5.75 Å². The summed E-state index contributed by atoms with van der Waals surface area (Å²) in [5.41, 5.74) is 1.88. The number of hydrogen-bond acceptors (Lipinski definition) is 7. The predicted octanol–water partition coefficient (Wildman–Crippen LogP) is 5.23. The molecule has 0 radical (unpaired) electrons. The predicted molar refractivity (Wildman–Crippen MR) is 147 cm³/mol. The summed E-state index contributed by atoms with van der Waals surface area (Å²) in [5, 5.41) is 10.7. The first-order valence-corrected chi connectivity index (χ1v) is 13.9. The molecule has 3 aromatic rings. The van der Waals surface area contributed by atoms with Crippen LogP contribution in [-0.4, -0.2) is 72.5 Å². The largest absolute Gasteiger partial charge is 0.493 e. The monoisotopic (exact) mass is 541 g/mol. The lowest BCUT2D eigenvalue weighted by Gasteiger charge is -2.50. The summed E-state index contributed by atoms with van der Waals surface area (Å²) < 4.78 is 11.8. The molecule has 3 heterocycles. The Bertz CT molecular complexity index is 1190. The van der Waals surface area contributed by atoms with Crippen molar-refractivity contribution in [3.05, 3.63) is 65.3 Å². The van der Waals surface area contributed by atoms with E-state index in [9.17, 15) is 4.79 Å². The van der Waals surface area contributed by atoms with Crippen LogP contribution in [0, 0.1) is 0 Å². The van der Waals surface area contributed by atoms with Gasteiger partial charge < -0.3 is 19.5 Å². The average Bonchev–Trinajstić information content (AvgIpc) is 3.40. The molecule has 0 bridgehead atoms. The summed E-state index contributed by atoms with van der Waals surface area (Å²) in [6.45, 7) is 5.79. The lowest BCUT2D eigenvalue weighted by atomic mass is 9.82. The molecule has 0 unspecified atom stereocenters. The number of benzene rings is 2. The lowest BCUT2D eigenvalue weighted by molar-refractivity contribution is -0.136. The zero-order valence-corrected chi connectivity index (χ0v) is 22.3. The maximum absolute atomic E-state index is 11.1. The summed E-state index contributed by atoms with van der Waals surface area (Å²) >= 11 is 7.97. The van der Waals surface area contributed by atoms with Gasteiger partial charge in [0.25, 0.3) is 0 Å². The van der Waals surface area contributed by atoms with Gasteiger partial charge in [-0.15, -0.1) is 0 Å². The topological polar surface area (TPSA) is 75.1 Å². The Hall–Kier alpha value is -2.65. The fraction of sp³-hybridized carbons (Fsp3) is 0.429. The molecule has 0 amide bonds. The van der Waals surface area contributed by atoms with E-state index in [2.05, 4.69) is 34.1 Å². The fourth-order valence-electron chi connectivity index (χ4n) is 5.36. The normalized spacial score (nSPS) is 18.0. The second kappa shape index (κ2) is 11.8. The number of carboxylic acids is 1. The highest BCUT2D eigenvalue weighted by atomic mass is 35.5. The van der Waals surface area contributed by atoms with E-state index in [1.807, 2.05) is 12.3 Å². The number of anilines is 1. The van der Waals surface area contributed by atoms with Crippen LogP contribution in [0.4, 0.5) is 5.13 Å². The van der Waals surface area contributed by atoms with E-state index in [0.717, 1.165) is 63.8 Å². The highest BCUT2D eigenvalue weighted by Crippen LogP contribution is 2.38. The van der Waals surface area contributed by atoms with E-state index in [1.165, 1.54) is 10.4 Å². The Labute approximate surface area is 226 Å². The Balaban J connectivity index is 1.25. The molecule has 9 heteroatoms. The van der Waals surface area contributed by atoms with E-state index in [-0.39, 0.29) is 12.0 Å². The highest BCUT2D eigenvalue weighted by Gasteiger charge is 2.40. The van der Waals surface area contributed by atoms with Gasteiger partial charge in [0.15, 0.2) is 5.13 Å². The van der Waals surface area contributed by atoms with Gasteiger partial charge >= 0.3 is 5.97 Å². The van der Waals surface area contributed by atoms with E-state index in [1.54, 1.807) is 29.5 Å². The van der Waals surface area contributed by atoms with Crippen molar-refractivity contribution in [1.82, 2.24) is 9.88 Å². The molecule has 2 fully saturated rings. The number of morpholine rings is 1. The van der Waals surface area contributed by atoms with Crippen LogP contribution in [0.25, 0.3) is 10.4 Å². The molecule has 0 atom stereocenters. The van der Waals surface area contributed by atoms with Crippen molar-refractivity contribution >= 4 is 34.0 Å². The van der Waals surface area contributed by atoms with Gasteiger partial charge in [-0.2, -0.15) is 0 Å². The number of aliphatic carboxylic acids is 1. The van der Waals surface area contributed by atoms with Crippen LogP contribution in [0.2, 0.25) is 5.02 Å². The molecule has 196 valence electrons. The minimum Gasteiger partial charge on any atom is -0.493 e. The number of carbonyl (C=O) groups is 1. The number of carboxylic acid groups (broad SMARTS) is 1. The summed E-state index contributed by atoms with van der Waals surface area (Å²) in [6.07, 6.45) is 4.84. The molecular weight excluding hydrogens is 510 g/mol. The zero-order valence-electron chi connectivity index (χ0n) is 20.8. The molecule has 0 saturated carbocycles. The highest BCUT2D eigenvalue weighted by molar-refractivity contribution is 7.18. The van der Waals surface area contributed by atoms with Gasteiger partial charge in [0.05, 0.1) is 31.1 Å². The maximum Gasteiger partial charge on any atom is 0.307 e. The third-order valence-corrected chi connectivity index (χ3v) is 8.65. The molecule has 5 rings (SSSR count). The van der Waals surface area contributed by atoms with Crippen molar-refractivity contribution in [3.8, 4) is 16.2 Å². The molecule has 1 aromatic heterocycles. The molecule has 37 heavy (non-hydrogen) atoms. The average molecular weight is 542 g/mol. The molecule has 1 N–H and O–H groups in total. The quantitative estimate of drug-likeness (QED) is 0.397. The van der Waals surface area contributed by atoms with Crippen LogP contribution in [-0.2, 0) is 16.0 Å². The number of rotatable bonds is 9. The van der Waals surface area contributed by atoms with Gasteiger partial charge in [-0.1, -0.05) is 53.3 Å². The van der Waals surface area contributed by atoms with Crippen LogP contribution < -0.4 is 9.64 Å². The fourth-order valence-corrected chi connectivity index (χ4v) is 6.58. The smallest absolute Gasteiger partial charge is 0.307 e. The third kappa shape index (κ3) is 6.44. The molecule has 2 aliphatic rings. The van der Waals surface area contributed by atoms with Crippen molar-refractivity contribution in [2.75, 3.05) is 50.9 Å². The number of ether oxygens (including phenoxy) is 2. The summed E-state index contributed by atoms with van der Waals surface area (Å²) in [5.74, 6) is -0.267. The van der Waals surface area contributed by atoms with Gasteiger partial charge in [-0.25, -0.2) is 4.98 Å². The second-order valence-electron chi connectivity index (χ2n) is 9.65. The Kier molecular flexibility index (Phi) is 8.30. The molecule has 0 spiro atoms. The number of hydrogen-bond donors (Lipinski definition) is 1. The van der Waals surface area contributed by atoms with E-state index < -0.39 is 5.97 Å². The van der Waals surface area contributed by atoms with Gasteiger partial charge in [0.2, 0.25) is 0 Å². The Morgan fingerprint density at radius 2 is 1.86 bits per heavy atom. The van der Waals surface area contributed by atoms with Crippen molar-refractivity contribution in [2.45, 2.75) is 31.2 Å². The molecular formula is C28H32ClN3O4S. The number of nitrogens with zero attached hydrogens (tertiary/aromatic N) is 3. The number of halogens is 1.